The van der Waals surface area contributed by atoms with Gasteiger partial charge in [-0.2, -0.15) is 0 Å². The predicted octanol–water partition coefficient (Wildman–Crippen LogP) is 2.87. The van der Waals surface area contributed by atoms with Crippen molar-refractivity contribution < 1.29 is 9.53 Å². The number of carbonyl (C=O) groups excluding carboxylic acids is 1. The lowest BCUT2D eigenvalue weighted by atomic mass is 9.84. The predicted molar refractivity (Wildman–Crippen MR) is 76.1 cm³/mol. The molecule has 19 heavy (non-hydrogen) atoms. The van der Waals surface area contributed by atoms with Crippen molar-refractivity contribution in [2.24, 2.45) is 0 Å². The van der Waals surface area contributed by atoms with Crippen LogP contribution in [0.25, 0.3) is 0 Å². The average Bonchev–Trinajstić information content (AvgIpc) is 2.47. The van der Waals surface area contributed by atoms with E-state index in [-0.39, 0.29) is 11.9 Å². The highest BCUT2D eigenvalue weighted by atomic mass is 16.5. The van der Waals surface area contributed by atoms with Gasteiger partial charge >= 0.3 is 5.97 Å². The van der Waals surface area contributed by atoms with Crippen molar-refractivity contribution in [2.75, 3.05) is 13.2 Å². The van der Waals surface area contributed by atoms with E-state index < -0.39 is 0 Å². The molecule has 1 aliphatic heterocycles. The lowest BCUT2D eigenvalue weighted by Gasteiger charge is -2.31. The Kier molecular flexibility index (Phi) is 5.40. The Balaban J connectivity index is 2.10. The molecule has 0 radical (unpaired) electrons. The van der Waals surface area contributed by atoms with Crippen LogP contribution in [0.2, 0.25) is 0 Å². The number of hydrogen-bond donors (Lipinski definition) is 1. The Morgan fingerprint density at radius 2 is 2.16 bits per heavy atom. The minimum absolute atomic E-state index is 0.0938. The van der Waals surface area contributed by atoms with Gasteiger partial charge in [0.05, 0.1) is 13.0 Å². The molecule has 2 rings (SSSR count). The molecule has 1 aromatic rings. The Bertz CT molecular complexity index is 385. The van der Waals surface area contributed by atoms with E-state index in [4.69, 9.17) is 4.74 Å². The summed E-state index contributed by atoms with van der Waals surface area (Å²) in [5, 5.41) is 3.56. The second-order valence-electron chi connectivity index (χ2n) is 5.08. The fourth-order valence-corrected chi connectivity index (χ4v) is 2.81. The van der Waals surface area contributed by atoms with Crippen molar-refractivity contribution in [3.63, 3.8) is 0 Å². The number of rotatable bonds is 5. The zero-order valence-electron chi connectivity index (χ0n) is 11.6. The normalized spacial score (nSPS) is 20.8. The molecule has 1 aliphatic rings. The van der Waals surface area contributed by atoms with E-state index >= 15 is 0 Å². The van der Waals surface area contributed by atoms with Gasteiger partial charge in [0.1, 0.15) is 0 Å². The zero-order chi connectivity index (χ0) is 13.5. The first-order chi connectivity index (χ1) is 9.31. The van der Waals surface area contributed by atoms with Crippen molar-refractivity contribution in [3.05, 3.63) is 35.9 Å². The van der Waals surface area contributed by atoms with E-state index in [1.807, 2.05) is 25.1 Å². The summed E-state index contributed by atoms with van der Waals surface area (Å²) in [6, 6.07) is 10.7. The highest BCUT2D eigenvalue weighted by molar-refractivity contribution is 5.70. The summed E-state index contributed by atoms with van der Waals surface area (Å²) in [6.07, 6.45) is 4.08. The number of benzene rings is 1. The number of esters is 1. The second kappa shape index (κ2) is 7.29. The summed E-state index contributed by atoms with van der Waals surface area (Å²) in [7, 11) is 0. The first-order valence-electron chi connectivity index (χ1n) is 7.25. The van der Waals surface area contributed by atoms with E-state index in [0.717, 1.165) is 13.0 Å². The van der Waals surface area contributed by atoms with E-state index in [1.165, 1.54) is 18.4 Å². The van der Waals surface area contributed by atoms with E-state index in [1.54, 1.807) is 0 Å². The lowest BCUT2D eigenvalue weighted by molar-refractivity contribution is -0.143. The second-order valence-corrected chi connectivity index (χ2v) is 5.08. The van der Waals surface area contributed by atoms with Crippen LogP contribution in [0.4, 0.5) is 0 Å². The van der Waals surface area contributed by atoms with Crippen molar-refractivity contribution in [1.29, 1.82) is 0 Å². The maximum Gasteiger partial charge on any atom is 0.306 e. The molecule has 3 nitrogen and oxygen atoms in total. The number of hydrogen-bond acceptors (Lipinski definition) is 3. The molecule has 1 fully saturated rings. The number of nitrogens with one attached hydrogen (secondary N) is 1. The van der Waals surface area contributed by atoms with Crippen LogP contribution in [0.5, 0.6) is 0 Å². The zero-order valence-corrected chi connectivity index (χ0v) is 11.6. The summed E-state index contributed by atoms with van der Waals surface area (Å²) in [5.41, 5.74) is 1.23. The topological polar surface area (TPSA) is 38.3 Å². The van der Waals surface area contributed by atoms with Gasteiger partial charge in [0.2, 0.25) is 0 Å². The van der Waals surface area contributed by atoms with Crippen LogP contribution in [0, 0.1) is 0 Å². The molecule has 2 atom stereocenters. The summed E-state index contributed by atoms with van der Waals surface area (Å²) < 4.78 is 5.12. The van der Waals surface area contributed by atoms with Gasteiger partial charge in [-0.15, -0.1) is 0 Å². The van der Waals surface area contributed by atoms with Gasteiger partial charge in [0.25, 0.3) is 0 Å². The number of carbonyl (C=O) groups is 1. The van der Waals surface area contributed by atoms with Crippen molar-refractivity contribution in [2.45, 2.75) is 44.6 Å². The largest absolute Gasteiger partial charge is 0.466 e. The fourth-order valence-electron chi connectivity index (χ4n) is 2.81. The Morgan fingerprint density at radius 1 is 1.37 bits per heavy atom. The first-order valence-corrected chi connectivity index (χ1v) is 7.25. The summed E-state index contributed by atoms with van der Waals surface area (Å²) in [4.78, 5) is 11.8. The molecule has 1 saturated heterocycles. The average molecular weight is 261 g/mol. The first kappa shape index (κ1) is 14.1. The molecule has 3 heteroatoms. The quantitative estimate of drug-likeness (QED) is 0.828. The highest BCUT2D eigenvalue weighted by Gasteiger charge is 2.27. The molecular formula is C16H23NO2. The molecule has 104 valence electrons. The summed E-state index contributed by atoms with van der Waals surface area (Å²) in [5.74, 6) is 0.129. The van der Waals surface area contributed by atoms with Crippen LogP contribution >= 0.6 is 0 Å². The van der Waals surface area contributed by atoms with Crippen LogP contribution in [-0.2, 0) is 9.53 Å². The third kappa shape index (κ3) is 4.06. The molecule has 0 amide bonds. The maximum absolute atomic E-state index is 11.8. The van der Waals surface area contributed by atoms with Gasteiger partial charge in [0, 0.05) is 12.0 Å². The van der Waals surface area contributed by atoms with Gasteiger partial charge < -0.3 is 10.1 Å². The number of piperidine rings is 1. The van der Waals surface area contributed by atoms with Crippen molar-refractivity contribution in [1.82, 2.24) is 5.32 Å². The number of ether oxygens (including phenoxy) is 1. The highest BCUT2D eigenvalue weighted by Crippen LogP contribution is 2.28. The molecule has 1 heterocycles. The molecule has 0 unspecified atom stereocenters. The molecule has 1 N–H and O–H groups in total. The van der Waals surface area contributed by atoms with E-state index in [9.17, 15) is 4.79 Å². The molecule has 0 bridgehead atoms. The molecule has 0 saturated carbocycles. The smallest absolute Gasteiger partial charge is 0.306 e. The summed E-state index contributed by atoms with van der Waals surface area (Å²) in [6.45, 7) is 3.36. The van der Waals surface area contributed by atoms with Crippen LogP contribution < -0.4 is 5.32 Å². The van der Waals surface area contributed by atoms with Gasteiger partial charge in [-0.1, -0.05) is 36.8 Å². The van der Waals surface area contributed by atoms with Crippen molar-refractivity contribution >= 4 is 5.97 Å². The molecule has 0 aromatic heterocycles. The minimum atomic E-state index is -0.0938. The molecule has 0 spiro atoms. The fraction of sp³-hybridized carbons (Fsp3) is 0.562. The lowest BCUT2D eigenvalue weighted by Crippen LogP contribution is -2.39. The van der Waals surface area contributed by atoms with Crippen LogP contribution in [-0.4, -0.2) is 25.2 Å². The van der Waals surface area contributed by atoms with E-state index in [0.29, 0.717) is 19.1 Å². The van der Waals surface area contributed by atoms with Crippen LogP contribution in [0.1, 0.15) is 44.1 Å². The SMILES string of the molecule is CCOC(=O)C[C@H](c1ccccc1)[C@H]1CCCCN1. The third-order valence-corrected chi connectivity index (χ3v) is 3.75. The summed E-state index contributed by atoms with van der Waals surface area (Å²) >= 11 is 0. The van der Waals surface area contributed by atoms with Gasteiger partial charge in [-0.25, -0.2) is 0 Å². The van der Waals surface area contributed by atoms with Gasteiger partial charge in [-0.3, -0.25) is 4.79 Å². The van der Waals surface area contributed by atoms with Gasteiger partial charge in [0.15, 0.2) is 0 Å². The Hall–Kier alpha value is -1.35. The maximum atomic E-state index is 11.8. The van der Waals surface area contributed by atoms with Crippen LogP contribution in [0.3, 0.4) is 0 Å². The molecular weight excluding hydrogens is 238 g/mol. The molecule has 1 aromatic carbocycles. The van der Waals surface area contributed by atoms with Crippen LogP contribution in [0.15, 0.2) is 30.3 Å². The Labute approximate surface area is 115 Å². The standard InChI is InChI=1S/C16H23NO2/c1-2-19-16(18)12-14(13-8-4-3-5-9-13)15-10-6-7-11-17-15/h3-5,8-9,14-15,17H,2,6-7,10-12H2,1H3/t14-,15-/m1/s1. The van der Waals surface area contributed by atoms with E-state index in [2.05, 4.69) is 17.4 Å². The minimum Gasteiger partial charge on any atom is -0.466 e. The molecule has 0 aliphatic carbocycles. The van der Waals surface area contributed by atoms with Crippen molar-refractivity contribution in [3.8, 4) is 0 Å². The Morgan fingerprint density at radius 3 is 2.79 bits per heavy atom. The third-order valence-electron chi connectivity index (χ3n) is 3.75. The van der Waals surface area contributed by atoms with Gasteiger partial charge in [-0.05, 0) is 31.9 Å². The monoisotopic (exact) mass is 261 g/mol.